The molecule has 0 saturated heterocycles. The third-order valence-electron chi connectivity index (χ3n) is 2.16. The van der Waals surface area contributed by atoms with Crippen LogP contribution in [0.4, 0.5) is 4.79 Å². The Bertz CT molecular complexity index is 241. The fourth-order valence-electron chi connectivity index (χ4n) is 1.43. The van der Waals surface area contributed by atoms with Gasteiger partial charge in [0.15, 0.2) is 0 Å². The number of ether oxygens (including phenoxy) is 2. The zero-order chi connectivity index (χ0) is 14.7. The number of alkyl carbamates (subject to hydrolysis) is 1. The monoisotopic (exact) mass is 276 g/mol. The van der Waals surface area contributed by atoms with Gasteiger partial charge in [0.25, 0.3) is 0 Å². The molecule has 2 N–H and O–H groups in total. The Morgan fingerprint density at radius 1 is 1.32 bits per heavy atom. The highest BCUT2D eigenvalue weighted by atomic mass is 16.6. The molecule has 0 rings (SSSR count). The van der Waals surface area contributed by atoms with Gasteiger partial charge in [-0.05, 0) is 40.5 Å². The number of methoxy groups -OCH3 is 1. The van der Waals surface area contributed by atoms with Crippen molar-refractivity contribution >= 4 is 6.09 Å². The zero-order valence-electron chi connectivity index (χ0n) is 12.7. The summed E-state index contributed by atoms with van der Waals surface area (Å²) in [5.74, 6) is 0. The summed E-state index contributed by atoms with van der Waals surface area (Å²) >= 11 is 0. The number of hydrogen-bond acceptors (Lipinski definition) is 5. The average molecular weight is 276 g/mol. The predicted molar refractivity (Wildman–Crippen MR) is 73.9 cm³/mol. The van der Waals surface area contributed by atoms with Gasteiger partial charge in [-0.2, -0.15) is 5.48 Å². The van der Waals surface area contributed by atoms with E-state index in [0.29, 0.717) is 19.8 Å². The first-order valence-corrected chi connectivity index (χ1v) is 6.72. The summed E-state index contributed by atoms with van der Waals surface area (Å²) in [6, 6.07) is 0.130. The second-order valence-corrected chi connectivity index (χ2v) is 5.27. The van der Waals surface area contributed by atoms with Gasteiger partial charge < -0.3 is 19.6 Å². The van der Waals surface area contributed by atoms with Crippen LogP contribution in [0.3, 0.4) is 0 Å². The van der Waals surface area contributed by atoms with Crippen LogP contribution in [0.15, 0.2) is 0 Å². The first-order valence-electron chi connectivity index (χ1n) is 6.72. The standard InChI is InChI=1S/C13H28N2O4/c1-6-18-15-11(10-17-5)8-7-9-14-12(16)19-13(2,3)4/h11,15H,6-10H2,1-5H3,(H,14,16). The molecule has 6 nitrogen and oxygen atoms in total. The number of carbonyl (C=O) groups excluding carboxylic acids is 1. The maximum Gasteiger partial charge on any atom is 0.407 e. The quantitative estimate of drug-likeness (QED) is 0.497. The summed E-state index contributed by atoms with van der Waals surface area (Å²) < 4.78 is 10.2. The number of nitrogens with one attached hydrogen (secondary N) is 2. The number of hydrogen-bond donors (Lipinski definition) is 2. The van der Waals surface area contributed by atoms with Crippen LogP contribution in [0.5, 0.6) is 0 Å². The Kier molecular flexibility index (Phi) is 9.55. The highest BCUT2D eigenvalue weighted by Gasteiger charge is 2.15. The van der Waals surface area contributed by atoms with Crippen LogP contribution in [-0.4, -0.2) is 44.6 Å². The molecule has 0 saturated carbocycles. The van der Waals surface area contributed by atoms with E-state index in [2.05, 4.69) is 10.8 Å². The van der Waals surface area contributed by atoms with Crippen LogP contribution in [0.1, 0.15) is 40.5 Å². The summed E-state index contributed by atoms with van der Waals surface area (Å²) in [5.41, 5.74) is 2.47. The van der Waals surface area contributed by atoms with Gasteiger partial charge in [0, 0.05) is 13.7 Å². The van der Waals surface area contributed by atoms with E-state index in [1.807, 2.05) is 27.7 Å². The van der Waals surface area contributed by atoms with Gasteiger partial charge in [-0.25, -0.2) is 4.79 Å². The van der Waals surface area contributed by atoms with E-state index in [-0.39, 0.29) is 12.1 Å². The van der Waals surface area contributed by atoms with Crippen molar-refractivity contribution in [1.29, 1.82) is 0 Å². The molecule has 0 heterocycles. The fourth-order valence-corrected chi connectivity index (χ4v) is 1.43. The zero-order valence-corrected chi connectivity index (χ0v) is 12.7. The molecule has 114 valence electrons. The largest absolute Gasteiger partial charge is 0.444 e. The van der Waals surface area contributed by atoms with Gasteiger partial charge in [-0.1, -0.05) is 0 Å². The summed E-state index contributed by atoms with van der Waals surface area (Å²) in [6.45, 7) is 9.19. The van der Waals surface area contributed by atoms with E-state index in [0.717, 1.165) is 12.8 Å². The molecule has 0 aliphatic heterocycles. The number of hydroxylamine groups is 1. The first kappa shape index (κ1) is 18.1. The van der Waals surface area contributed by atoms with Crippen molar-refractivity contribution in [3.8, 4) is 0 Å². The van der Waals surface area contributed by atoms with Crippen molar-refractivity contribution in [1.82, 2.24) is 10.8 Å². The minimum absolute atomic E-state index is 0.130. The minimum atomic E-state index is -0.459. The van der Waals surface area contributed by atoms with E-state index >= 15 is 0 Å². The Labute approximate surface area is 116 Å². The molecule has 19 heavy (non-hydrogen) atoms. The molecule has 0 bridgehead atoms. The van der Waals surface area contributed by atoms with Crippen LogP contribution in [0, 0.1) is 0 Å². The van der Waals surface area contributed by atoms with Gasteiger partial charge in [0.2, 0.25) is 0 Å². The Hall–Kier alpha value is -0.850. The van der Waals surface area contributed by atoms with E-state index < -0.39 is 5.60 Å². The second-order valence-electron chi connectivity index (χ2n) is 5.27. The molecule has 0 aliphatic carbocycles. The minimum Gasteiger partial charge on any atom is -0.444 e. The lowest BCUT2D eigenvalue weighted by Crippen LogP contribution is -2.36. The van der Waals surface area contributed by atoms with Crippen molar-refractivity contribution in [2.24, 2.45) is 0 Å². The molecule has 1 amide bonds. The molecule has 0 aromatic rings. The molecule has 0 aromatic heterocycles. The van der Waals surface area contributed by atoms with Crippen molar-refractivity contribution in [3.63, 3.8) is 0 Å². The molecule has 0 spiro atoms. The smallest absolute Gasteiger partial charge is 0.407 e. The molecule has 0 aromatic carbocycles. The Balaban J connectivity index is 3.72. The van der Waals surface area contributed by atoms with Crippen molar-refractivity contribution in [3.05, 3.63) is 0 Å². The van der Waals surface area contributed by atoms with E-state index in [9.17, 15) is 4.79 Å². The maximum atomic E-state index is 11.4. The summed E-state index contributed by atoms with van der Waals surface area (Å²) in [5, 5.41) is 2.72. The lowest BCUT2D eigenvalue weighted by Gasteiger charge is -2.20. The highest BCUT2D eigenvalue weighted by Crippen LogP contribution is 2.06. The first-order chi connectivity index (χ1) is 8.89. The summed E-state index contributed by atoms with van der Waals surface area (Å²) in [6.07, 6.45) is 1.30. The highest BCUT2D eigenvalue weighted by molar-refractivity contribution is 5.67. The van der Waals surface area contributed by atoms with Crippen molar-refractivity contribution < 1.29 is 19.1 Å². The van der Waals surface area contributed by atoms with Crippen molar-refractivity contribution in [2.75, 3.05) is 26.9 Å². The van der Waals surface area contributed by atoms with Gasteiger partial charge in [-0.3, -0.25) is 0 Å². The number of rotatable bonds is 9. The van der Waals surface area contributed by atoms with Gasteiger partial charge >= 0.3 is 6.09 Å². The average Bonchev–Trinajstić information content (AvgIpc) is 2.29. The van der Waals surface area contributed by atoms with Crippen molar-refractivity contribution in [2.45, 2.75) is 52.2 Å². The predicted octanol–water partition coefficient (Wildman–Crippen LogP) is 1.85. The summed E-state index contributed by atoms with van der Waals surface area (Å²) in [4.78, 5) is 16.6. The van der Waals surface area contributed by atoms with Crippen LogP contribution in [-0.2, 0) is 14.3 Å². The molecule has 1 unspecified atom stereocenters. The molecule has 1 atom stereocenters. The van der Waals surface area contributed by atoms with Gasteiger partial charge in [0.1, 0.15) is 5.60 Å². The molecule has 0 aliphatic rings. The molecule has 0 radical (unpaired) electrons. The SMILES string of the molecule is CCONC(CCCNC(=O)OC(C)(C)C)COC. The third kappa shape index (κ3) is 11.9. The van der Waals surface area contributed by atoms with Gasteiger partial charge in [-0.15, -0.1) is 0 Å². The van der Waals surface area contributed by atoms with E-state index in [1.165, 1.54) is 0 Å². The second kappa shape index (κ2) is 10.00. The number of amides is 1. The Morgan fingerprint density at radius 3 is 2.53 bits per heavy atom. The Morgan fingerprint density at radius 2 is 2.00 bits per heavy atom. The fraction of sp³-hybridized carbons (Fsp3) is 0.923. The maximum absolute atomic E-state index is 11.4. The van der Waals surface area contributed by atoms with Crippen LogP contribution < -0.4 is 10.8 Å². The normalized spacial score (nSPS) is 13.1. The lowest BCUT2D eigenvalue weighted by molar-refractivity contribution is -0.000713. The topological polar surface area (TPSA) is 68.8 Å². The lowest BCUT2D eigenvalue weighted by atomic mass is 10.2. The van der Waals surface area contributed by atoms with E-state index in [1.54, 1.807) is 7.11 Å². The van der Waals surface area contributed by atoms with Gasteiger partial charge in [0.05, 0.1) is 19.3 Å². The molecule has 0 fully saturated rings. The number of carbonyl (C=O) groups is 1. The summed E-state index contributed by atoms with van der Waals surface area (Å²) in [7, 11) is 1.65. The third-order valence-corrected chi connectivity index (χ3v) is 2.16. The van der Waals surface area contributed by atoms with Crippen LogP contribution >= 0.6 is 0 Å². The van der Waals surface area contributed by atoms with Crippen LogP contribution in [0.25, 0.3) is 0 Å². The van der Waals surface area contributed by atoms with E-state index in [4.69, 9.17) is 14.3 Å². The molecular weight excluding hydrogens is 248 g/mol. The molecular formula is C13H28N2O4. The van der Waals surface area contributed by atoms with Crippen LogP contribution in [0.2, 0.25) is 0 Å². The molecule has 6 heteroatoms.